The first-order chi connectivity index (χ1) is 12.2. The summed E-state index contributed by atoms with van der Waals surface area (Å²) in [5.41, 5.74) is 1.89. The highest BCUT2D eigenvalue weighted by molar-refractivity contribution is 7.08. The average Bonchev–Trinajstić information content (AvgIpc) is 3.03. The summed E-state index contributed by atoms with van der Waals surface area (Å²) in [7, 11) is 0. The molecule has 3 aromatic rings. The van der Waals surface area contributed by atoms with E-state index in [1.807, 2.05) is 34.0 Å². The number of thiophene rings is 1. The van der Waals surface area contributed by atoms with Gasteiger partial charge in [-0.25, -0.2) is 9.97 Å². The van der Waals surface area contributed by atoms with Crippen molar-refractivity contribution in [2.75, 3.05) is 31.1 Å². The van der Waals surface area contributed by atoms with Crippen LogP contribution in [0.5, 0.6) is 0 Å². The van der Waals surface area contributed by atoms with Gasteiger partial charge < -0.3 is 14.8 Å². The van der Waals surface area contributed by atoms with Gasteiger partial charge in [0.2, 0.25) is 0 Å². The molecule has 0 radical (unpaired) electrons. The van der Waals surface area contributed by atoms with Crippen LogP contribution in [0.4, 0.5) is 5.82 Å². The van der Waals surface area contributed by atoms with Gasteiger partial charge in [-0.1, -0.05) is 0 Å². The topological polar surface area (TPSA) is 65.1 Å². The van der Waals surface area contributed by atoms with Crippen LogP contribution in [0.15, 0.2) is 35.4 Å². The number of hydrogen-bond donors (Lipinski definition) is 1. The summed E-state index contributed by atoms with van der Waals surface area (Å²) in [5, 5.41) is 4.96. The van der Waals surface area contributed by atoms with Gasteiger partial charge in [0, 0.05) is 43.2 Å². The van der Waals surface area contributed by atoms with Gasteiger partial charge in [-0.05, 0) is 30.4 Å². The lowest BCUT2D eigenvalue weighted by molar-refractivity contribution is 0.0741. The largest absolute Gasteiger partial charge is 0.354 e. The monoisotopic (exact) mass is 353 g/mol. The maximum absolute atomic E-state index is 12.8. The van der Waals surface area contributed by atoms with Crippen LogP contribution in [0, 0.1) is 5.41 Å². The number of anilines is 1. The molecule has 1 aliphatic carbocycles. The molecule has 1 aliphatic heterocycles. The molecule has 0 bridgehead atoms. The summed E-state index contributed by atoms with van der Waals surface area (Å²) in [5.74, 6) is 1.13. The fourth-order valence-electron chi connectivity index (χ4n) is 3.79. The molecule has 7 heteroatoms. The SMILES string of the molecule is O=C(c1ccsc1)N1CCN(c2ncnc3[nH]ccc23)CC2(CC2)C1. The smallest absolute Gasteiger partial charge is 0.254 e. The molecule has 3 aromatic heterocycles. The molecular formula is C18H19N5OS. The zero-order valence-corrected chi connectivity index (χ0v) is 14.6. The fraction of sp³-hybridized carbons (Fsp3) is 0.389. The molecular weight excluding hydrogens is 334 g/mol. The summed E-state index contributed by atoms with van der Waals surface area (Å²) in [4.78, 5) is 29.2. The molecule has 6 nitrogen and oxygen atoms in total. The molecule has 5 rings (SSSR count). The van der Waals surface area contributed by atoms with Crippen LogP contribution >= 0.6 is 11.3 Å². The predicted molar refractivity (Wildman–Crippen MR) is 98.0 cm³/mol. The Morgan fingerprint density at radius 3 is 2.92 bits per heavy atom. The molecule has 2 aliphatic rings. The van der Waals surface area contributed by atoms with Crippen LogP contribution < -0.4 is 4.90 Å². The first-order valence-corrected chi connectivity index (χ1v) is 9.53. The van der Waals surface area contributed by atoms with E-state index in [1.165, 1.54) is 12.8 Å². The molecule has 1 spiro atoms. The van der Waals surface area contributed by atoms with Crippen molar-refractivity contribution >= 4 is 34.1 Å². The van der Waals surface area contributed by atoms with Gasteiger partial charge >= 0.3 is 0 Å². The van der Waals surface area contributed by atoms with Crippen LogP contribution in [0.2, 0.25) is 0 Å². The van der Waals surface area contributed by atoms with E-state index in [9.17, 15) is 4.79 Å². The third-order valence-corrected chi connectivity index (χ3v) is 6.02. The highest BCUT2D eigenvalue weighted by Gasteiger charge is 2.48. The van der Waals surface area contributed by atoms with Crippen LogP contribution in [-0.4, -0.2) is 51.9 Å². The Morgan fingerprint density at radius 1 is 1.20 bits per heavy atom. The zero-order chi connectivity index (χ0) is 16.9. The van der Waals surface area contributed by atoms with E-state index in [-0.39, 0.29) is 11.3 Å². The zero-order valence-electron chi connectivity index (χ0n) is 13.8. The Hall–Kier alpha value is -2.41. The minimum Gasteiger partial charge on any atom is -0.354 e. The molecule has 1 saturated carbocycles. The second-order valence-electron chi connectivity index (χ2n) is 7.10. The van der Waals surface area contributed by atoms with Crippen molar-refractivity contribution in [3.05, 3.63) is 41.0 Å². The average molecular weight is 353 g/mol. The van der Waals surface area contributed by atoms with Crippen LogP contribution in [0.25, 0.3) is 11.0 Å². The minimum absolute atomic E-state index is 0.156. The van der Waals surface area contributed by atoms with Gasteiger partial charge in [0.25, 0.3) is 5.91 Å². The van der Waals surface area contributed by atoms with Gasteiger partial charge in [0.05, 0.1) is 10.9 Å². The van der Waals surface area contributed by atoms with Gasteiger partial charge in [0.15, 0.2) is 0 Å². The Balaban J connectivity index is 1.45. The van der Waals surface area contributed by atoms with Crippen molar-refractivity contribution in [2.45, 2.75) is 12.8 Å². The summed E-state index contributed by atoms with van der Waals surface area (Å²) in [6.45, 7) is 3.33. The first-order valence-electron chi connectivity index (χ1n) is 8.59. The van der Waals surface area contributed by atoms with Crippen LogP contribution in [0.3, 0.4) is 0 Å². The number of carbonyl (C=O) groups excluding carboxylic acids is 1. The van der Waals surface area contributed by atoms with E-state index < -0.39 is 0 Å². The number of rotatable bonds is 2. The van der Waals surface area contributed by atoms with E-state index in [0.29, 0.717) is 0 Å². The van der Waals surface area contributed by atoms with E-state index in [2.05, 4.69) is 19.9 Å². The number of carbonyl (C=O) groups is 1. The van der Waals surface area contributed by atoms with Crippen molar-refractivity contribution in [3.63, 3.8) is 0 Å². The summed E-state index contributed by atoms with van der Waals surface area (Å²) in [6.07, 6.45) is 5.88. The van der Waals surface area contributed by atoms with Gasteiger partial charge in [-0.2, -0.15) is 11.3 Å². The van der Waals surface area contributed by atoms with E-state index in [0.717, 1.165) is 48.6 Å². The number of nitrogens with zero attached hydrogens (tertiary/aromatic N) is 4. The number of fused-ring (bicyclic) bond motifs is 1. The molecule has 128 valence electrons. The Bertz CT molecular complexity index is 915. The highest BCUT2D eigenvalue weighted by Crippen LogP contribution is 2.48. The molecule has 1 saturated heterocycles. The summed E-state index contributed by atoms with van der Waals surface area (Å²) in [6, 6.07) is 3.95. The van der Waals surface area contributed by atoms with Gasteiger partial charge in [0.1, 0.15) is 17.8 Å². The third-order valence-electron chi connectivity index (χ3n) is 5.34. The Kier molecular flexibility index (Phi) is 3.31. The molecule has 4 heterocycles. The van der Waals surface area contributed by atoms with E-state index >= 15 is 0 Å². The fourth-order valence-corrected chi connectivity index (χ4v) is 4.42. The number of aromatic amines is 1. The molecule has 1 N–H and O–H groups in total. The van der Waals surface area contributed by atoms with Crippen molar-refractivity contribution in [3.8, 4) is 0 Å². The lowest BCUT2D eigenvalue weighted by Crippen LogP contribution is -2.36. The Labute approximate surface area is 149 Å². The van der Waals surface area contributed by atoms with Crippen LogP contribution in [-0.2, 0) is 0 Å². The maximum atomic E-state index is 12.8. The number of H-pyrrole nitrogens is 1. The summed E-state index contributed by atoms with van der Waals surface area (Å²) < 4.78 is 0. The standard InChI is InChI=1S/C18H19N5OS/c24-17(13-2-8-25-9-13)23-7-6-22(10-18(11-23)3-4-18)16-14-1-5-19-15(14)20-12-21-16/h1-2,5,8-9,12H,3-4,6-7,10-11H2,(H,19,20,21). The number of nitrogens with one attached hydrogen (secondary N) is 1. The highest BCUT2D eigenvalue weighted by atomic mass is 32.1. The molecule has 0 unspecified atom stereocenters. The second kappa shape index (κ2) is 5.56. The lowest BCUT2D eigenvalue weighted by atomic mass is 10.1. The number of aromatic nitrogens is 3. The molecule has 25 heavy (non-hydrogen) atoms. The van der Waals surface area contributed by atoms with Crippen molar-refractivity contribution in [1.82, 2.24) is 19.9 Å². The maximum Gasteiger partial charge on any atom is 0.254 e. The van der Waals surface area contributed by atoms with Crippen molar-refractivity contribution < 1.29 is 4.79 Å². The summed E-state index contributed by atoms with van der Waals surface area (Å²) >= 11 is 1.57. The molecule has 0 atom stereocenters. The lowest BCUT2D eigenvalue weighted by Gasteiger charge is -2.25. The second-order valence-corrected chi connectivity index (χ2v) is 7.88. The quantitative estimate of drug-likeness (QED) is 0.769. The molecule has 0 aromatic carbocycles. The third kappa shape index (κ3) is 2.59. The first kappa shape index (κ1) is 14.9. The van der Waals surface area contributed by atoms with Gasteiger partial charge in [-0.15, -0.1) is 0 Å². The predicted octanol–water partition coefficient (Wildman–Crippen LogP) is 2.76. The van der Waals surface area contributed by atoms with E-state index in [1.54, 1.807) is 17.7 Å². The van der Waals surface area contributed by atoms with Crippen molar-refractivity contribution in [1.29, 1.82) is 0 Å². The molecule has 2 fully saturated rings. The number of amides is 1. The molecule has 1 amide bonds. The normalized spacial score (nSPS) is 19.4. The minimum atomic E-state index is 0.156. The number of hydrogen-bond acceptors (Lipinski definition) is 5. The van der Waals surface area contributed by atoms with Gasteiger partial charge in [-0.3, -0.25) is 4.79 Å². The van der Waals surface area contributed by atoms with Crippen LogP contribution in [0.1, 0.15) is 23.2 Å². The Morgan fingerprint density at radius 2 is 2.12 bits per heavy atom. The van der Waals surface area contributed by atoms with E-state index in [4.69, 9.17) is 0 Å². The van der Waals surface area contributed by atoms with Crippen molar-refractivity contribution in [2.24, 2.45) is 5.41 Å².